The number of ketones is 1. The van der Waals surface area contributed by atoms with Gasteiger partial charge in [0, 0.05) is 26.1 Å². The molecule has 44 heavy (non-hydrogen) atoms. The molecule has 3 aliphatic rings. The van der Waals surface area contributed by atoms with Gasteiger partial charge in [0.2, 0.25) is 0 Å². The Kier molecular flexibility index (Phi) is 13.5. The number of unbranched alkanes of at least 4 members (excludes halogenated alkanes) is 1. The van der Waals surface area contributed by atoms with Crippen LogP contribution in [0.2, 0.25) is 0 Å². The van der Waals surface area contributed by atoms with Crippen molar-refractivity contribution in [1.29, 1.82) is 0 Å². The largest absolute Gasteiger partial charge is 0.491 e. The van der Waals surface area contributed by atoms with Gasteiger partial charge >= 0.3 is 12.1 Å². The molecule has 2 saturated heterocycles. The average molecular weight is 629 g/mol. The fourth-order valence-electron chi connectivity index (χ4n) is 5.60. The van der Waals surface area contributed by atoms with Crippen molar-refractivity contribution >= 4 is 11.8 Å². The van der Waals surface area contributed by atoms with Gasteiger partial charge in [-0.25, -0.2) is 0 Å². The second-order valence-electron chi connectivity index (χ2n) is 11.4. The summed E-state index contributed by atoms with van der Waals surface area (Å²) in [5.41, 5.74) is -0.812. The summed E-state index contributed by atoms with van der Waals surface area (Å²) in [6, 6.07) is 4.66. The second-order valence-corrected chi connectivity index (χ2v) is 11.4. The molecule has 6 atom stereocenters. The van der Waals surface area contributed by atoms with Crippen LogP contribution >= 0.6 is 0 Å². The van der Waals surface area contributed by atoms with Crippen LogP contribution in [0, 0.1) is 5.92 Å². The number of benzene rings is 1. The molecule has 1 saturated carbocycles. The Labute approximate surface area is 256 Å². The number of Topliss-reactive ketones (excluding diaryl/α,β-unsaturated/α-hetero) is 1. The van der Waals surface area contributed by atoms with Crippen molar-refractivity contribution < 1.29 is 56.3 Å². The summed E-state index contributed by atoms with van der Waals surface area (Å²) in [5.74, 6) is -1.29. The molecule has 0 amide bonds. The van der Waals surface area contributed by atoms with Crippen molar-refractivity contribution in [3.8, 4) is 5.75 Å². The van der Waals surface area contributed by atoms with Crippen molar-refractivity contribution in [3.63, 3.8) is 0 Å². The fourth-order valence-corrected chi connectivity index (χ4v) is 5.60. The molecule has 0 radical (unpaired) electrons. The van der Waals surface area contributed by atoms with E-state index in [0.29, 0.717) is 38.9 Å². The summed E-state index contributed by atoms with van der Waals surface area (Å²) in [7, 11) is 0. The van der Waals surface area contributed by atoms with Crippen LogP contribution < -0.4 is 4.74 Å². The summed E-state index contributed by atoms with van der Waals surface area (Å²) in [6.07, 6.45) is 3.36. The Morgan fingerprint density at radius 1 is 1.05 bits per heavy atom. The number of carbonyl (C=O) groups excluding carboxylic acids is 1. The van der Waals surface area contributed by atoms with E-state index in [1.807, 2.05) is 12.2 Å². The Balaban J connectivity index is 1.43. The lowest BCUT2D eigenvalue weighted by Gasteiger charge is -2.32. The highest BCUT2D eigenvalue weighted by molar-refractivity contribution is 5.85. The van der Waals surface area contributed by atoms with E-state index in [4.69, 9.17) is 33.5 Å². The average Bonchev–Trinajstić information content (AvgIpc) is 3.29. The first-order valence-corrected chi connectivity index (χ1v) is 15.5. The maximum absolute atomic E-state index is 13.2. The molecule has 9 nitrogen and oxygen atoms in total. The van der Waals surface area contributed by atoms with Crippen LogP contribution in [0.1, 0.15) is 76.2 Å². The molecule has 1 aliphatic carbocycles. The van der Waals surface area contributed by atoms with Gasteiger partial charge in [-0.05, 0) is 76.0 Å². The van der Waals surface area contributed by atoms with E-state index in [2.05, 4.69) is 0 Å². The lowest BCUT2D eigenvalue weighted by molar-refractivity contribution is -0.226. The lowest BCUT2D eigenvalue weighted by Crippen LogP contribution is -2.40. The number of carboxylic acids is 1. The van der Waals surface area contributed by atoms with Gasteiger partial charge in [0.15, 0.2) is 12.6 Å². The van der Waals surface area contributed by atoms with E-state index in [0.717, 1.165) is 44.2 Å². The van der Waals surface area contributed by atoms with Gasteiger partial charge in [-0.1, -0.05) is 18.2 Å². The minimum absolute atomic E-state index is 0.000654. The van der Waals surface area contributed by atoms with E-state index in [9.17, 15) is 22.8 Å². The van der Waals surface area contributed by atoms with Crippen LogP contribution in [0.15, 0.2) is 36.4 Å². The van der Waals surface area contributed by atoms with Gasteiger partial charge < -0.3 is 33.5 Å². The van der Waals surface area contributed by atoms with Gasteiger partial charge in [0.1, 0.15) is 24.2 Å². The molecule has 3 fully saturated rings. The number of hydrogen-bond donors (Lipinski definition) is 1. The number of halogens is 3. The number of alkyl halides is 3. The number of rotatable bonds is 16. The van der Waals surface area contributed by atoms with Crippen LogP contribution in [0.4, 0.5) is 13.2 Å². The van der Waals surface area contributed by atoms with Gasteiger partial charge in [-0.2, -0.15) is 13.2 Å². The van der Waals surface area contributed by atoms with Gasteiger partial charge in [-0.3, -0.25) is 9.59 Å². The normalized spacial score (nSPS) is 27.1. The molecule has 2 aliphatic heterocycles. The molecule has 12 heteroatoms. The molecule has 0 aromatic heterocycles. The third-order valence-corrected chi connectivity index (χ3v) is 7.92. The molecule has 1 N–H and O–H groups in total. The molecular weight excluding hydrogens is 585 g/mol. The number of carbonyl (C=O) groups is 2. The predicted octanol–water partition coefficient (Wildman–Crippen LogP) is 6.08. The molecule has 4 rings (SSSR count). The van der Waals surface area contributed by atoms with Crippen molar-refractivity contribution in [2.45, 2.75) is 108 Å². The molecule has 1 aromatic carbocycles. The maximum atomic E-state index is 13.2. The monoisotopic (exact) mass is 628 g/mol. The SMILES string of the molecule is O=C(O)CCCC=CCC1C(=O)CC(OC2CCCCO2)C1OCC(COc1cccc(C(F)(F)F)c1)OC1CCCCO1. The Morgan fingerprint density at radius 2 is 1.80 bits per heavy atom. The molecular formula is C32H43F3O9. The first kappa shape index (κ1) is 34.4. The van der Waals surface area contributed by atoms with E-state index in [1.165, 1.54) is 12.1 Å². The third-order valence-electron chi connectivity index (χ3n) is 7.92. The molecule has 0 spiro atoms. The Hall–Kier alpha value is -2.51. The molecule has 1 aromatic rings. The third kappa shape index (κ3) is 11.1. The van der Waals surface area contributed by atoms with Crippen molar-refractivity contribution in [2.24, 2.45) is 5.92 Å². The summed E-state index contributed by atoms with van der Waals surface area (Å²) in [4.78, 5) is 23.9. The van der Waals surface area contributed by atoms with Crippen LogP contribution in [-0.2, 0) is 39.4 Å². The molecule has 246 valence electrons. The standard InChI is InChI=1S/C32H43F3O9/c33-32(34,35)22-10-9-11-23(18-22)41-20-24(43-29-14-5-7-16-39-29)21-42-31-25(12-3-1-2-4-13-28(37)38)26(36)19-27(31)44-30-15-6-8-17-40-30/h1,3,9-11,18,24-25,27,29-31H,2,4-8,12-17,19-21H2,(H,37,38). The van der Waals surface area contributed by atoms with E-state index < -0.39 is 54.5 Å². The zero-order chi connectivity index (χ0) is 31.4. The highest BCUT2D eigenvalue weighted by Gasteiger charge is 2.45. The number of aliphatic carboxylic acids is 1. The van der Waals surface area contributed by atoms with E-state index in [1.54, 1.807) is 0 Å². The number of hydrogen-bond acceptors (Lipinski definition) is 8. The van der Waals surface area contributed by atoms with E-state index >= 15 is 0 Å². The quantitative estimate of drug-likeness (QED) is 0.172. The van der Waals surface area contributed by atoms with Crippen molar-refractivity contribution in [3.05, 3.63) is 42.0 Å². The maximum Gasteiger partial charge on any atom is 0.416 e. The van der Waals surface area contributed by atoms with Gasteiger partial charge in [0.25, 0.3) is 0 Å². The first-order valence-electron chi connectivity index (χ1n) is 15.5. The summed E-state index contributed by atoms with van der Waals surface area (Å²) in [6.45, 7) is 1.04. The Morgan fingerprint density at radius 3 is 2.48 bits per heavy atom. The van der Waals surface area contributed by atoms with Crippen molar-refractivity contribution in [1.82, 2.24) is 0 Å². The summed E-state index contributed by atoms with van der Waals surface area (Å²) < 4.78 is 75.7. The minimum Gasteiger partial charge on any atom is -0.491 e. The smallest absolute Gasteiger partial charge is 0.416 e. The number of carboxylic acid groups (broad SMARTS) is 1. The minimum atomic E-state index is -4.50. The summed E-state index contributed by atoms with van der Waals surface area (Å²) >= 11 is 0. The fraction of sp³-hybridized carbons (Fsp3) is 0.688. The van der Waals surface area contributed by atoms with Gasteiger partial charge in [0.05, 0.1) is 30.3 Å². The molecule has 6 unspecified atom stereocenters. The van der Waals surface area contributed by atoms with E-state index in [-0.39, 0.29) is 37.6 Å². The van der Waals surface area contributed by atoms with Gasteiger partial charge in [-0.15, -0.1) is 0 Å². The topological polar surface area (TPSA) is 110 Å². The summed E-state index contributed by atoms with van der Waals surface area (Å²) in [5, 5.41) is 8.85. The van der Waals surface area contributed by atoms with Crippen LogP contribution in [0.3, 0.4) is 0 Å². The number of allylic oxidation sites excluding steroid dienone is 2. The zero-order valence-corrected chi connectivity index (χ0v) is 24.9. The van der Waals surface area contributed by atoms with Crippen LogP contribution in [0.25, 0.3) is 0 Å². The van der Waals surface area contributed by atoms with Crippen molar-refractivity contribution in [2.75, 3.05) is 26.4 Å². The van der Waals surface area contributed by atoms with Crippen LogP contribution in [0.5, 0.6) is 5.75 Å². The molecule has 0 bridgehead atoms. The zero-order valence-electron chi connectivity index (χ0n) is 24.9. The Bertz CT molecular complexity index is 1070. The first-order chi connectivity index (χ1) is 21.2. The molecule has 2 heterocycles. The predicted molar refractivity (Wildman–Crippen MR) is 152 cm³/mol. The highest BCUT2D eigenvalue weighted by Crippen LogP contribution is 2.34. The second kappa shape index (κ2) is 17.3. The lowest BCUT2D eigenvalue weighted by atomic mass is 9.99. The highest BCUT2D eigenvalue weighted by atomic mass is 19.4. The van der Waals surface area contributed by atoms with Crippen LogP contribution in [-0.4, -0.2) is 74.2 Å². The number of ether oxygens (including phenoxy) is 6.